The second-order valence-corrected chi connectivity index (χ2v) is 6.95. The van der Waals surface area contributed by atoms with Gasteiger partial charge in [-0.1, -0.05) is 0 Å². The number of nitrogens with one attached hydrogen (secondary N) is 1. The van der Waals surface area contributed by atoms with Gasteiger partial charge in [0.25, 0.3) is 0 Å². The van der Waals surface area contributed by atoms with Crippen molar-refractivity contribution in [1.82, 2.24) is 15.3 Å². The maximum atomic E-state index is 13.2. The third kappa shape index (κ3) is 3.73. The molecule has 1 unspecified atom stereocenters. The normalized spacial score (nSPS) is 20.1. The van der Waals surface area contributed by atoms with E-state index in [1.165, 1.54) is 17.3 Å². The van der Waals surface area contributed by atoms with Crippen LogP contribution in [0.1, 0.15) is 47.3 Å². The van der Waals surface area contributed by atoms with E-state index in [0.29, 0.717) is 17.8 Å². The molecule has 4 rings (SSSR count). The minimum absolute atomic E-state index is 0.142. The van der Waals surface area contributed by atoms with Crippen molar-refractivity contribution in [1.29, 1.82) is 0 Å². The molecule has 2 aromatic rings. The van der Waals surface area contributed by atoms with Crippen LogP contribution < -0.4 is 10.2 Å². The first-order chi connectivity index (χ1) is 13.6. The van der Waals surface area contributed by atoms with Gasteiger partial charge in [0.1, 0.15) is 11.4 Å². The van der Waals surface area contributed by atoms with Crippen LogP contribution in [0.15, 0.2) is 30.6 Å². The molecule has 1 saturated carbocycles. The summed E-state index contributed by atoms with van der Waals surface area (Å²) in [4.78, 5) is 20.3. The summed E-state index contributed by atoms with van der Waals surface area (Å²) in [7, 11) is 0. The Morgan fingerprint density at radius 3 is 2.21 bits per heavy atom. The SMILES string of the molecule is O=C1NCC(c2cc(C(F)(F)F)nc(C(F)(F)F)c2)N1c1cnccc1C1CC1. The Bertz CT molecular complexity index is 922. The topological polar surface area (TPSA) is 58.1 Å². The van der Waals surface area contributed by atoms with Crippen molar-refractivity contribution in [2.24, 2.45) is 0 Å². The van der Waals surface area contributed by atoms with Crippen LogP contribution in [0.3, 0.4) is 0 Å². The largest absolute Gasteiger partial charge is 0.433 e. The maximum absolute atomic E-state index is 13.2. The van der Waals surface area contributed by atoms with Gasteiger partial charge in [0.15, 0.2) is 0 Å². The molecule has 0 radical (unpaired) electrons. The number of anilines is 1. The number of alkyl halides is 6. The van der Waals surface area contributed by atoms with E-state index >= 15 is 0 Å². The number of urea groups is 1. The zero-order valence-electron chi connectivity index (χ0n) is 14.7. The number of hydrogen-bond acceptors (Lipinski definition) is 3. The number of pyridine rings is 2. The maximum Gasteiger partial charge on any atom is 0.433 e. The minimum Gasteiger partial charge on any atom is -0.335 e. The van der Waals surface area contributed by atoms with Gasteiger partial charge in [0.05, 0.1) is 17.9 Å². The van der Waals surface area contributed by atoms with Crippen LogP contribution in [0, 0.1) is 0 Å². The van der Waals surface area contributed by atoms with Crippen LogP contribution in [0.2, 0.25) is 0 Å². The molecule has 2 amide bonds. The second-order valence-electron chi connectivity index (χ2n) is 6.95. The van der Waals surface area contributed by atoms with Crippen molar-refractivity contribution < 1.29 is 31.1 Å². The lowest BCUT2D eigenvalue weighted by molar-refractivity contribution is -0.150. The Hall–Kier alpha value is -2.85. The number of hydrogen-bond donors (Lipinski definition) is 1. The Morgan fingerprint density at radius 1 is 1.03 bits per heavy atom. The first-order valence-electron chi connectivity index (χ1n) is 8.73. The zero-order valence-corrected chi connectivity index (χ0v) is 14.7. The molecule has 154 valence electrons. The smallest absolute Gasteiger partial charge is 0.335 e. The molecule has 0 aromatic carbocycles. The van der Waals surface area contributed by atoms with Gasteiger partial charge < -0.3 is 5.32 Å². The molecule has 0 bridgehead atoms. The third-order valence-corrected chi connectivity index (χ3v) is 4.90. The van der Waals surface area contributed by atoms with Crippen molar-refractivity contribution in [2.45, 2.75) is 37.2 Å². The van der Waals surface area contributed by atoms with Gasteiger partial charge in [-0.2, -0.15) is 26.3 Å². The van der Waals surface area contributed by atoms with Crippen LogP contribution in [0.25, 0.3) is 0 Å². The predicted molar refractivity (Wildman–Crippen MR) is 89.1 cm³/mol. The summed E-state index contributed by atoms with van der Waals surface area (Å²) in [6.07, 6.45) is -5.40. The fraction of sp³-hybridized carbons (Fsp3) is 0.389. The molecule has 2 fully saturated rings. The highest BCUT2D eigenvalue weighted by molar-refractivity contribution is 5.96. The summed E-state index contributed by atoms with van der Waals surface area (Å²) in [6.45, 7) is -0.142. The first-order valence-corrected chi connectivity index (χ1v) is 8.73. The summed E-state index contributed by atoms with van der Waals surface area (Å²) in [5.41, 5.74) is -2.44. The molecule has 0 spiro atoms. The Labute approximate surface area is 160 Å². The van der Waals surface area contributed by atoms with Crippen molar-refractivity contribution in [2.75, 3.05) is 11.4 Å². The van der Waals surface area contributed by atoms with E-state index in [2.05, 4.69) is 15.3 Å². The molecule has 5 nitrogen and oxygen atoms in total. The van der Waals surface area contributed by atoms with Gasteiger partial charge in [-0.3, -0.25) is 9.88 Å². The van der Waals surface area contributed by atoms with E-state index in [0.717, 1.165) is 18.4 Å². The Morgan fingerprint density at radius 2 is 1.66 bits per heavy atom. The van der Waals surface area contributed by atoms with Gasteiger partial charge in [-0.25, -0.2) is 9.78 Å². The fourth-order valence-electron chi connectivity index (χ4n) is 3.42. The molecule has 1 atom stereocenters. The molecule has 1 aliphatic carbocycles. The molecule has 11 heteroatoms. The summed E-state index contributed by atoms with van der Waals surface area (Å²) in [6, 6.07) is 1.16. The van der Waals surface area contributed by atoms with Gasteiger partial charge in [0, 0.05) is 12.7 Å². The average molecular weight is 416 g/mol. The van der Waals surface area contributed by atoms with Crippen LogP contribution >= 0.6 is 0 Å². The first kappa shape index (κ1) is 19.5. The van der Waals surface area contributed by atoms with E-state index in [9.17, 15) is 31.1 Å². The highest BCUT2D eigenvalue weighted by Gasteiger charge is 2.42. The molecule has 1 saturated heterocycles. The lowest BCUT2D eigenvalue weighted by Crippen LogP contribution is -2.31. The molecule has 1 N–H and O–H groups in total. The molecule has 3 heterocycles. The highest BCUT2D eigenvalue weighted by atomic mass is 19.4. The molecule has 29 heavy (non-hydrogen) atoms. The Kier molecular flexibility index (Phi) is 4.43. The molecular formula is C18H14F6N4O. The average Bonchev–Trinajstić information content (AvgIpc) is 3.42. The lowest BCUT2D eigenvalue weighted by Gasteiger charge is -2.26. The number of halogens is 6. The van der Waals surface area contributed by atoms with E-state index in [4.69, 9.17) is 0 Å². The highest BCUT2D eigenvalue weighted by Crippen LogP contribution is 2.46. The monoisotopic (exact) mass is 416 g/mol. The van der Waals surface area contributed by atoms with Crippen molar-refractivity contribution >= 4 is 11.7 Å². The number of nitrogens with zero attached hydrogens (tertiary/aromatic N) is 3. The third-order valence-electron chi connectivity index (χ3n) is 4.90. The standard InChI is InChI=1S/C18H14F6N4O/c19-17(20,21)14-5-10(6-15(27-14)18(22,23)24)12-8-26-16(29)28(12)13-7-25-4-3-11(13)9-1-2-9/h3-7,9,12H,1-2,8H2,(H,26,29). The molecule has 2 aromatic heterocycles. The minimum atomic E-state index is -5.07. The molecular weight excluding hydrogens is 402 g/mol. The van der Waals surface area contributed by atoms with E-state index in [-0.39, 0.29) is 18.0 Å². The van der Waals surface area contributed by atoms with Crippen LogP contribution in [0.5, 0.6) is 0 Å². The van der Waals surface area contributed by atoms with E-state index in [1.807, 2.05) is 0 Å². The summed E-state index contributed by atoms with van der Waals surface area (Å²) >= 11 is 0. The quantitative estimate of drug-likeness (QED) is 0.741. The van der Waals surface area contributed by atoms with Crippen LogP contribution in [-0.2, 0) is 12.4 Å². The van der Waals surface area contributed by atoms with Crippen LogP contribution in [-0.4, -0.2) is 22.5 Å². The second kappa shape index (κ2) is 6.60. The summed E-state index contributed by atoms with van der Waals surface area (Å²) < 4.78 is 79.0. The summed E-state index contributed by atoms with van der Waals surface area (Å²) in [5.74, 6) is 0.191. The number of carbonyl (C=O) groups excluding carboxylic acids is 1. The van der Waals surface area contributed by atoms with Crippen molar-refractivity contribution in [3.63, 3.8) is 0 Å². The van der Waals surface area contributed by atoms with Crippen molar-refractivity contribution in [3.8, 4) is 0 Å². The molecule has 1 aliphatic heterocycles. The van der Waals surface area contributed by atoms with Gasteiger partial charge >= 0.3 is 18.4 Å². The number of rotatable bonds is 3. The van der Waals surface area contributed by atoms with Gasteiger partial charge in [-0.15, -0.1) is 0 Å². The van der Waals surface area contributed by atoms with Gasteiger partial charge in [0.2, 0.25) is 0 Å². The predicted octanol–water partition coefficient (Wildman–Crippen LogP) is 4.66. The van der Waals surface area contributed by atoms with Gasteiger partial charge in [-0.05, 0) is 48.1 Å². The van der Waals surface area contributed by atoms with E-state index in [1.54, 1.807) is 6.07 Å². The number of amides is 2. The van der Waals surface area contributed by atoms with Crippen LogP contribution in [0.4, 0.5) is 36.8 Å². The number of aromatic nitrogens is 2. The van der Waals surface area contributed by atoms with Crippen molar-refractivity contribution in [3.05, 3.63) is 53.1 Å². The fourth-order valence-corrected chi connectivity index (χ4v) is 3.42. The lowest BCUT2D eigenvalue weighted by atomic mass is 10.0. The van der Waals surface area contributed by atoms with E-state index < -0.39 is 35.8 Å². The Balaban J connectivity index is 1.82. The summed E-state index contributed by atoms with van der Waals surface area (Å²) in [5, 5.41) is 2.50. The number of carbonyl (C=O) groups is 1. The zero-order chi connectivity index (χ0) is 21.0. The molecule has 2 aliphatic rings.